The van der Waals surface area contributed by atoms with Crippen LogP contribution in [0.15, 0.2) is 67.1 Å². The average molecular weight is 563 g/mol. The molecular formula is C31H39ClN6O2. The summed E-state index contributed by atoms with van der Waals surface area (Å²) in [5, 5.41) is 7.05. The van der Waals surface area contributed by atoms with Gasteiger partial charge in [-0.05, 0) is 36.1 Å². The summed E-state index contributed by atoms with van der Waals surface area (Å²) in [5.41, 5.74) is 3.38. The largest absolute Gasteiger partial charge is 0.354 e. The third-order valence-electron chi connectivity index (χ3n) is 7.95. The molecule has 0 radical (unpaired) electrons. The number of carbonyl (C=O) groups excluding carboxylic acids is 2. The van der Waals surface area contributed by atoms with Gasteiger partial charge in [-0.2, -0.15) is 0 Å². The summed E-state index contributed by atoms with van der Waals surface area (Å²) in [6, 6.07) is 17.6. The lowest BCUT2D eigenvalue weighted by atomic mass is 9.95. The molecule has 0 bridgehead atoms. The summed E-state index contributed by atoms with van der Waals surface area (Å²) in [6.07, 6.45) is 9.85. The zero-order valence-electron chi connectivity index (χ0n) is 23.0. The van der Waals surface area contributed by atoms with Crippen LogP contribution in [0, 0.1) is 0 Å². The highest BCUT2D eigenvalue weighted by Gasteiger charge is 2.36. The molecule has 2 N–H and O–H groups in total. The Labute approximate surface area is 241 Å². The summed E-state index contributed by atoms with van der Waals surface area (Å²) in [6.45, 7) is 3.68. The fourth-order valence-corrected chi connectivity index (χ4v) is 5.84. The summed E-state index contributed by atoms with van der Waals surface area (Å²) < 4.78 is 2.08. The van der Waals surface area contributed by atoms with Crippen molar-refractivity contribution in [3.05, 3.63) is 89.0 Å². The number of piperazine rings is 1. The number of nitrogens with zero attached hydrogens (tertiary/aromatic N) is 4. The molecule has 3 aromatic rings. The highest BCUT2D eigenvalue weighted by Crippen LogP contribution is 2.19. The van der Waals surface area contributed by atoms with E-state index in [1.54, 1.807) is 4.90 Å². The molecule has 0 unspecified atom stereocenters. The zero-order valence-corrected chi connectivity index (χ0v) is 23.7. The number of amides is 3. The Morgan fingerprint density at radius 3 is 2.45 bits per heavy atom. The maximum atomic E-state index is 13.5. The Morgan fingerprint density at radius 1 is 0.925 bits per heavy atom. The van der Waals surface area contributed by atoms with Gasteiger partial charge >= 0.3 is 6.03 Å². The molecule has 8 nitrogen and oxygen atoms in total. The molecule has 2 fully saturated rings. The lowest BCUT2D eigenvalue weighted by Gasteiger charge is -2.41. The Kier molecular flexibility index (Phi) is 9.73. The van der Waals surface area contributed by atoms with Gasteiger partial charge in [0.15, 0.2) is 0 Å². The summed E-state index contributed by atoms with van der Waals surface area (Å²) >= 11 is 6.02. The molecule has 5 rings (SSSR count). The van der Waals surface area contributed by atoms with Gasteiger partial charge in [-0.1, -0.05) is 73.3 Å². The fraction of sp³-hybridized carbons (Fsp3) is 0.452. The van der Waals surface area contributed by atoms with Crippen molar-refractivity contribution in [2.75, 3.05) is 26.2 Å². The van der Waals surface area contributed by atoms with Crippen molar-refractivity contribution < 1.29 is 9.59 Å². The van der Waals surface area contributed by atoms with Crippen LogP contribution in [0.5, 0.6) is 0 Å². The van der Waals surface area contributed by atoms with Gasteiger partial charge in [0.1, 0.15) is 6.04 Å². The van der Waals surface area contributed by atoms with Crippen LogP contribution in [0.3, 0.4) is 0 Å². The van der Waals surface area contributed by atoms with Crippen molar-refractivity contribution in [3.8, 4) is 0 Å². The van der Waals surface area contributed by atoms with Crippen LogP contribution in [-0.4, -0.2) is 69.6 Å². The van der Waals surface area contributed by atoms with E-state index in [0.717, 1.165) is 50.0 Å². The van der Waals surface area contributed by atoms with Crippen molar-refractivity contribution in [3.63, 3.8) is 0 Å². The smallest absolute Gasteiger partial charge is 0.318 e. The van der Waals surface area contributed by atoms with E-state index in [1.807, 2.05) is 55.0 Å². The molecule has 9 heteroatoms. The predicted molar refractivity (Wildman–Crippen MR) is 157 cm³/mol. The third-order valence-corrected chi connectivity index (χ3v) is 8.21. The minimum Gasteiger partial charge on any atom is -0.354 e. The van der Waals surface area contributed by atoms with Crippen LogP contribution in [0.1, 0.15) is 48.9 Å². The monoisotopic (exact) mass is 562 g/mol. The minimum atomic E-state index is -0.542. The lowest BCUT2D eigenvalue weighted by Crippen LogP contribution is -2.63. The molecule has 212 valence electrons. The number of urea groups is 1. The summed E-state index contributed by atoms with van der Waals surface area (Å²) in [4.78, 5) is 35.2. The zero-order chi connectivity index (χ0) is 27.7. The first-order valence-corrected chi connectivity index (χ1v) is 14.8. The number of aromatic nitrogens is 2. The number of hydrogen-bond donors (Lipinski definition) is 2. The van der Waals surface area contributed by atoms with E-state index in [1.165, 1.54) is 12.0 Å². The highest BCUT2D eigenvalue weighted by atomic mass is 35.5. The first kappa shape index (κ1) is 28.2. The van der Waals surface area contributed by atoms with E-state index < -0.39 is 6.04 Å². The summed E-state index contributed by atoms with van der Waals surface area (Å²) in [7, 11) is 0. The van der Waals surface area contributed by atoms with Crippen LogP contribution >= 0.6 is 11.6 Å². The molecule has 3 amide bonds. The third kappa shape index (κ3) is 7.64. The average Bonchev–Trinajstić information content (AvgIpc) is 3.41. The van der Waals surface area contributed by atoms with Crippen LogP contribution in [0.4, 0.5) is 4.79 Å². The normalized spacial score (nSPS) is 18.4. The van der Waals surface area contributed by atoms with Gasteiger partial charge in [-0.15, -0.1) is 0 Å². The number of benzene rings is 2. The fourth-order valence-electron chi connectivity index (χ4n) is 5.71. The van der Waals surface area contributed by atoms with Crippen molar-refractivity contribution in [1.82, 2.24) is 30.0 Å². The molecule has 40 heavy (non-hydrogen) atoms. The molecule has 1 saturated carbocycles. The van der Waals surface area contributed by atoms with Gasteiger partial charge in [-0.25, -0.2) is 9.78 Å². The number of halogens is 1. The molecule has 2 heterocycles. The molecule has 1 aliphatic heterocycles. The molecule has 1 aromatic heterocycles. The van der Waals surface area contributed by atoms with Crippen molar-refractivity contribution in [2.24, 2.45) is 0 Å². The quantitative estimate of drug-likeness (QED) is 0.403. The molecule has 1 saturated heterocycles. The maximum absolute atomic E-state index is 13.5. The first-order valence-electron chi connectivity index (χ1n) is 14.4. The van der Waals surface area contributed by atoms with Gasteiger partial charge in [0.25, 0.3) is 0 Å². The number of hydrogen-bond acceptors (Lipinski definition) is 4. The highest BCUT2D eigenvalue weighted by molar-refractivity contribution is 6.30. The second kappa shape index (κ2) is 13.8. The maximum Gasteiger partial charge on any atom is 0.318 e. The molecule has 2 aliphatic rings. The van der Waals surface area contributed by atoms with Crippen LogP contribution in [0.25, 0.3) is 0 Å². The Bertz CT molecular complexity index is 1240. The van der Waals surface area contributed by atoms with Gasteiger partial charge in [0.2, 0.25) is 5.91 Å². The van der Waals surface area contributed by atoms with E-state index in [0.29, 0.717) is 37.6 Å². The van der Waals surface area contributed by atoms with Gasteiger partial charge in [0, 0.05) is 68.6 Å². The SMILES string of the molecule is O=C(NCCc1cncn1Cc1ccc(Cl)cc1)[C@H]1CN(Cc2ccccc2)CCN1C(=O)NC1CCCCC1. The van der Waals surface area contributed by atoms with Crippen molar-refractivity contribution in [1.29, 1.82) is 0 Å². The lowest BCUT2D eigenvalue weighted by molar-refractivity contribution is -0.127. The topological polar surface area (TPSA) is 82.5 Å². The van der Waals surface area contributed by atoms with Gasteiger partial charge in [-0.3, -0.25) is 9.69 Å². The molecule has 2 aromatic carbocycles. The number of imidazole rings is 1. The van der Waals surface area contributed by atoms with Crippen molar-refractivity contribution >= 4 is 23.5 Å². The van der Waals surface area contributed by atoms with Gasteiger partial charge < -0.3 is 20.1 Å². The minimum absolute atomic E-state index is 0.111. The number of nitrogens with one attached hydrogen (secondary N) is 2. The van der Waals surface area contributed by atoms with Crippen LogP contribution in [0.2, 0.25) is 5.02 Å². The van der Waals surface area contributed by atoms with E-state index in [2.05, 4.69) is 37.2 Å². The first-order chi connectivity index (χ1) is 19.5. The second-order valence-corrected chi connectivity index (χ2v) is 11.3. The van der Waals surface area contributed by atoms with Crippen LogP contribution in [-0.2, 0) is 24.3 Å². The molecular weight excluding hydrogens is 524 g/mol. The Hall–Kier alpha value is -3.36. The molecule has 1 atom stereocenters. The molecule has 1 aliphatic carbocycles. The Morgan fingerprint density at radius 2 is 1.68 bits per heavy atom. The standard InChI is InChI=1S/C31H39ClN6O2/c32-26-13-11-25(12-14-26)21-37-23-33-19-28(37)15-16-34-30(39)29-22-36(20-24-7-3-1-4-8-24)17-18-38(29)31(40)35-27-9-5-2-6-10-27/h1,3-4,7-8,11-14,19,23,27,29H,2,5-6,9-10,15-18,20-22H2,(H,34,39)(H,35,40)/t29-/m1/s1. The van der Waals surface area contributed by atoms with E-state index in [4.69, 9.17) is 11.6 Å². The van der Waals surface area contributed by atoms with E-state index >= 15 is 0 Å². The Balaban J connectivity index is 1.20. The second-order valence-electron chi connectivity index (χ2n) is 10.9. The van der Waals surface area contributed by atoms with Crippen molar-refractivity contribution in [2.45, 2.75) is 63.7 Å². The van der Waals surface area contributed by atoms with Gasteiger partial charge in [0.05, 0.1) is 6.33 Å². The van der Waals surface area contributed by atoms with E-state index in [9.17, 15) is 9.59 Å². The number of carbonyl (C=O) groups is 2. The van der Waals surface area contributed by atoms with Crippen LogP contribution < -0.4 is 10.6 Å². The summed E-state index contributed by atoms with van der Waals surface area (Å²) in [5.74, 6) is -0.111. The molecule has 0 spiro atoms. The predicted octanol–water partition coefficient (Wildman–Crippen LogP) is 4.47. The van der Waals surface area contributed by atoms with E-state index in [-0.39, 0.29) is 18.0 Å². The number of rotatable bonds is 9.